The van der Waals surface area contributed by atoms with Crippen LogP contribution in [0.4, 0.5) is 4.39 Å². The number of hydrogen-bond acceptors (Lipinski definition) is 3. The minimum atomic E-state index is -0.710. The van der Waals surface area contributed by atoms with Crippen molar-refractivity contribution in [2.45, 2.75) is 19.9 Å². The summed E-state index contributed by atoms with van der Waals surface area (Å²) in [7, 11) is 0. The van der Waals surface area contributed by atoms with Gasteiger partial charge in [-0.3, -0.25) is 4.79 Å². The molecule has 0 heterocycles. The molecule has 1 amide bonds. The Morgan fingerprint density at radius 2 is 2.29 bits per heavy atom. The zero-order valence-corrected chi connectivity index (χ0v) is 10.7. The van der Waals surface area contributed by atoms with Crippen molar-refractivity contribution in [1.29, 1.82) is 0 Å². The molecule has 0 spiro atoms. The number of phenolic OH excluding ortho intramolecular Hbond substituents is 1. The van der Waals surface area contributed by atoms with Crippen molar-refractivity contribution in [3.63, 3.8) is 0 Å². The van der Waals surface area contributed by atoms with Gasteiger partial charge in [0.15, 0.2) is 0 Å². The van der Waals surface area contributed by atoms with Gasteiger partial charge in [0.1, 0.15) is 11.6 Å². The first-order chi connectivity index (χ1) is 8.04. The average molecular weight is 257 g/mol. The lowest BCUT2D eigenvalue weighted by Gasteiger charge is -2.13. The molecule has 0 radical (unpaired) electrons. The van der Waals surface area contributed by atoms with Crippen molar-refractivity contribution in [3.05, 3.63) is 29.6 Å². The van der Waals surface area contributed by atoms with E-state index in [1.165, 1.54) is 12.1 Å². The molecule has 0 aliphatic rings. The van der Waals surface area contributed by atoms with Gasteiger partial charge in [-0.15, -0.1) is 0 Å². The molecule has 3 nitrogen and oxygen atoms in total. The van der Waals surface area contributed by atoms with Crippen LogP contribution in [-0.2, 0) is 0 Å². The summed E-state index contributed by atoms with van der Waals surface area (Å²) < 4.78 is 13.4. The van der Waals surface area contributed by atoms with E-state index in [2.05, 4.69) is 5.32 Å². The number of thioether (sulfide) groups is 1. The van der Waals surface area contributed by atoms with Crippen molar-refractivity contribution < 1.29 is 14.3 Å². The number of carbonyl (C=O) groups excluding carboxylic acids is 1. The number of aromatic hydroxyl groups is 1. The standard InChI is InChI=1S/C12H16FNO2S/c1-3-17-7-8(2)14-12(16)10-5-4-9(15)6-11(10)13/h4-6,8,15H,3,7H2,1-2H3,(H,14,16). The minimum Gasteiger partial charge on any atom is -0.508 e. The van der Waals surface area contributed by atoms with Crippen LogP contribution in [0.2, 0.25) is 0 Å². The van der Waals surface area contributed by atoms with E-state index in [1.807, 2.05) is 13.8 Å². The van der Waals surface area contributed by atoms with Gasteiger partial charge in [-0.1, -0.05) is 6.92 Å². The predicted octanol–water partition coefficient (Wildman–Crippen LogP) is 2.40. The molecule has 0 bridgehead atoms. The van der Waals surface area contributed by atoms with Gasteiger partial charge in [0.2, 0.25) is 0 Å². The Morgan fingerprint density at radius 3 is 2.88 bits per heavy atom. The summed E-state index contributed by atoms with van der Waals surface area (Å²) in [6.07, 6.45) is 0. The predicted molar refractivity (Wildman–Crippen MR) is 68.0 cm³/mol. The Bertz CT molecular complexity index is 398. The molecule has 5 heteroatoms. The zero-order chi connectivity index (χ0) is 12.8. The number of nitrogens with one attached hydrogen (secondary N) is 1. The lowest BCUT2D eigenvalue weighted by molar-refractivity contribution is 0.0939. The van der Waals surface area contributed by atoms with Gasteiger partial charge in [-0.2, -0.15) is 11.8 Å². The largest absolute Gasteiger partial charge is 0.508 e. The molecular formula is C12H16FNO2S. The van der Waals surface area contributed by atoms with Crippen LogP contribution in [0.5, 0.6) is 5.75 Å². The number of phenols is 1. The molecule has 0 aromatic heterocycles. The molecular weight excluding hydrogens is 241 g/mol. The number of halogens is 1. The molecule has 1 aromatic carbocycles. The van der Waals surface area contributed by atoms with E-state index in [4.69, 9.17) is 5.11 Å². The molecule has 0 aliphatic heterocycles. The molecule has 1 aromatic rings. The van der Waals surface area contributed by atoms with Crippen LogP contribution >= 0.6 is 11.8 Å². The average Bonchev–Trinajstić information content (AvgIpc) is 2.26. The van der Waals surface area contributed by atoms with Crippen LogP contribution in [0, 0.1) is 5.82 Å². The van der Waals surface area contributed by atoms with Gasteiger partial charge >= 0.3 is 0 Å². The highest BCUT2D eigenvalue weighted by atomic mass is 32.2. The van der Waals surface area contributed by atoms with E-state index in [9.17, 15) is 9.18 Å². The second kappa shape index (κ2) is 6.49. The summed E-state index contributed by atoms with van der Waals surface area (Å²) in [6, 6.07) is 3.49. The number of amides is 1. The molecule has 17 heavy (non-hydrogen) atoms. The fourth-order valence-corrected chi connectivity index (χ4v) is 2.00. The summed E-state index contributed by atoms with van der Waals surface area (Å²) >= 11 is 1.71. The zero-order valence-electron chi connectivity index (χ0n) is 9.87. The molecule has 0 aliphatic carbocycles. The third-order valence-corrected chi connectivity index (χ3v) is 3.29. The second-order valence-electron chi connectivity index (χ2n) is 3.70. The second-order valence-corrected chi connectivity index (χ2v) is 5.02. The summed E-state index contributed by atoms with van der Waals surface area (Å²) in [5, 5.41) is 11.8. The maximum absolute atomic E-state index is 13.4. The first kappa shape index (κ1) is 13.8. The van der Waals surface area contributed by atoms with Crippen LogP contribution in [-0.4, -0.2) is 28.6 Å². The Hall–Kier alpha value is -1.23. The highest BCUT2D eigenvalue weighted by Crippen LogP contribution is 2.15. The van der Waals surface area contributed by atoms with Gasteiger partial charge in [0.05, 0.1) is 5.56 Å². The first-order valence-corrected chi connectivity index (χ1v) is 6.57. The normalized spacial score (nSPS) is 12.2. The number of hydrogen-bond donors (Lipinski definition) is 2. The topological polar surface area (TPSA) is 49.3 Å². The molecule has 0 saturated heterocycles. The van der Waals surface area contributed by atoms with Crippen molar-refractivity contribution >= 4 is 17.7 Å². The minimum absolute atomic E-state index is 0.0133. The Balaban J connectivity index is 2.63. The highest BCUT2D eigenvalue weighted by molar-refractivity contribution is 7.99. The maximum Gasteiger partial charge on any atom is 0.254 e. The molecule has 0 saturated carbocycles. The van der Waals surface area contributed by atoms with Gasteiger partial charge in [-0.25, -0.2) is 4.39 Å². The van der Waals surface area contributed by atoms with Gasteiger partial charge in [-0.05, 0) is 24.8 Å². The molecule has 2 N–H and O–H groups in total. The van der Waals surface area contributed by atoms with Crippen molar-refractivity contribution in [2.24, 2.45) is 0 Å². The number of carbonyl (C=O) groups is 1. The third kappa shape index (κ3) is 4.26. The number of rotatable bonds is 5. The molecule has 1 unspecified atom stereocenters. The Morgan fingerprint density at radius 1 is 1.59 bits per heavy atom. The van der Waals surface area contributed by atoms with E-state index >= 15 is 0 Å². The number of benzene rings is 1. The summed E-state index contributed by atoms with van der Waals surface area (Å²) in [4.78, 5) is 11.7. The van der Waals surface area contributed by atoms with Crippen LogP contribution in [0.25, 0.3) is 0 Å². The third-order valence-electron chi connectivity index (χ3n) is 2.15. The summed E-state index contributed by atoms with van der Waals surface area (Å²) in [6.45, 7) is 3.91. The lowest BCUT2D eigenvalue weighted by atomic mass is 10.2. The Kier molecular flexibility index (Phi) is 5.28. The monoisotopic (exact) mass is 257 g/mol. The van der Waals surface area contributed by atoms with E-state index in [0.717, 1.165) is 17.6 Å². The maximum atomic E-state index is 13.4. The quantitative estimate of drug-likeness (QED) is 0.851. The van der Waals surface area contributed by atoms with Crippen LogP contribution < -0.4 is 5.32 Å². The molecule has 94 valence electrons. The highest BCUT2D eigenvalue weighted by Gasteiger charge is 2.14. The van der Waals surface area contributed by atoms with Crippen molar-refractivity contribution in [1.82, 2.24) is 5.32 Å². The lowest BCUT2D eigenvalue weighted by Crippen LogP contribution is -2.34. The molecule has 0 fully saturated rings. The molecule has 1 atom stereocenters. The Labute approximate surface area is 104 Å². The van der Waals surface area contributed by atoms with E-state index in [0.29, 0.717) is 0 Å². The van der Waals surface area contributed by atoms with Gasteiger partial charge < -0.3 is 10.4 Å². The fourth-order valence-electron chi connectivity index (χ4n) is 1.33. The molecule has 1 rings (SSSR count). The van der Waals surface area contributed by atoms with E-state index < -0.39 is 11.7 Å². The van der Waals surface area contributed by atoms with Gasteiger partial charge in [0, 0.05) is 17.9 Å². The van der Waals surface area contributed by atoms with Crippen LogP contribution in [0.1, 0.15) is 24.2 Å². The SMILES string of the molecule is CCSCC(C)NC(=O)c1ccc(O)cc1F. The van der Waals surface area contributed by atoms with Gasteiger partial charge in [0.25, 0.3) is 5.91 Å². The van der Waals surface area contributed by atoms with Crippen LogP contribution in [0.3, 0.4) is 0 Å². The van der Waals surface area contributed by atoms with E-state index in [-0.39, 0.29) is 17.4 Å². The van der Waals surface area contributed by atoms with Crippen molar-refractivity contribution in [3.8, 4) is 5.75 Å². The summed E-state index contributed by atoms with van der Waals surface area (Å²) in [5.41, 5.74) is -0.0452. The van der Waals surface area contributed by atoms with E-state index in [1.54, 1.807) is 11.8 Å². The first-order valence-electron chi connectivity index (χ1n) is 5.41. The fraction of sp³-hybridized carbons (Fsp3) is 0.417. The van der Waals surface area contributed by atoms with Crippen LogP contribution in [0.15, 0.2) is 18.2 Å². The van der Waals surface area contributed by atoms with Crippen molar-refractivity contribution in [2.75, 3.05) is 11.5 Å². The smallest absolute Gasteiger partial charge is 0.254 e. The summed E-state index contributed by atoms with van der Waals surface area (Å²) in [5.74, 6) is 0.425.